The second kappa shape index (κ2) is 6.81. The molecule has 2 aromatic carbocycles. The van der Waals surface area contributed by atoms with Crippen LogP contribution in [0.25, 0.3) is 22.0 Å². The summed E-state index contributed by atoms with van der Waals surface area (Å²) in [6.45, 7) is 2.04. The fourth-order valence-corrected chi connectivity index (χ4v) is 2.98. The molecule has 0 unspecified atom stereocenters. The Morgan fingerprint density at radius 3 is 2.44 bits per heavy atom. The van der Waals surface area contributed by atoms with E-state index in [2.05, 4.69) is 4.98 Å². The molecule has 0 aliphatic carbocycles. The maximum Gasteiger partial charge on any atom is 0.354 e. The van der Waals surface area contributed by atoms with Crippen molar-refractivity contribution in [1.82, 2.24) is 4.98 Å². The molecule has 0 amide bonds. The first kappa shape index (κ1) is 16.8. The van der Waals surface area contributed by atoms with Crippen LogP contribution in [-0.2, 0) is 20.7 Å². The molecule has 0 saturated carbocycles. The molecule has 0 aliphatic heterocycles. The number of esters is 2. The number of rotatable bonds is 4. The van der Waals surface area contributed by atoms with Gasteiger partial charge in [-0.1, -0.05) is 36.4 Å². The predicted molar refractivity (Wildman–Crippen MR) is 95.5 cm³/mol. The third kappa shape index (κ3) is 3.13. The summed E-state index contributed by atoms with van der Waals surface area (Å²) < 4.78 is 9.59. The number of aryl methyl sites for hydroxylation is 1. The molecule has 3 aromatic rings. The van der Waals surface area contributed by atoms with Crippen LogP contribution in [0.15, 0.2) is 42.5 Å². The van der Waals surface area contributed by atoms with Gasteiger partial charge in [-0.3, -0.25) is 4.79 Å². The summed E-state index contributed by atoms with van der Waals surface area (Å²) in [5, 5.41) is 0.812. The first-order chi connectivity index (χ1) is 12.0. The van der Waals surface area contributed by atoms with E-state index >= 15 is 0 Å². The maximum atomic E-state index is 11.9. The second-order valence-electron chi connectivity index (χ2n) is 5.80. The molecule has 5 heteroatoms. The molecule has 25 heavy (non-hydrogen) atoms. The Morgan fingerprint density at radius 2 is 1.76 bits per heavy atom. The van der Waals surface area contributed by atoms with Crippen molar-refractivity contribution < 1.29 is 19.1 Å². The number of carbonyl (C=O) groups is 2. The van der Waals surface area contributed by atoms with Crippen molar-refractivity contribution in [3.05, 3.63) is 59.3 Å². The lowest BCUT2D eigenvalue weighted by molar-refractivity contribution is -0.139. The van der Waals surface area contributed by atoms with E-state index < -0.39 is 5.97 Å². The number of hydrogen-bond donors (Lipinski definition) is 1. The molecule has 0 atom stereocenters. The number of fused-ring (bicyclic) bond motifs is 1. The van der Waals surface area contributed by atoms with Gasteiger partial charge in [0.1, 0.15) is 5.69 Å². The van der Waals surface area contributed by atoms with Crippen LogP contribution in [0.2, 0.25) is 0 Å². The maximum absolute atomic E-state index is 11.9. The molecule has 0 aliphatic rings. The lowest BCUT2D eigenvalue weighted by Gasteiger charge is -2.10. The first-order valence-corrected chi connectivity index (χ1v) is 7.91. The van der Waals surface area contributed by atoms with Crippen molar-refractivity contribution in [2.75, 3.05) is 14.2 Å². The van der Waals surface area contributed by atoms with Gasteiger partial charge in [0.05, 0.1) is 26.2 Å². The largest absolute Gasteiger partial charge is 0.469 e. The fourth-order valence-electron chi connectivity index (χ4n) is 2.98. The van der Waals surface area contributed by atoms with E-state index in [-0.39, 0.29) is 12.4 Å². The third-order valence-corrected chi connectivity index (χ3v) is 4.29. The Balaban J connectivity index is 2.24. The zero-order chi connectivity index (χ0) is 18.0. The highest BCUT2D eigenvalue weighted by molar-refractivity contribution is 6.03. The lowest BCUT2D eigenvalue weighted by Crippen LogP contribution is -2.04. The second-order valence-corrected chi connectivity index (χ2v) is 5.80. The molecule has 0 bridgehead atoms. The molecular weight excluding hydrogens is 318 g/mol. The lowest BCUT2D eigenvalue weighted by atomic mass is 9.96. The van der Waals surface area contributed by atoms with Crippen LogP contribution in [0.1, 0.15) is 21.6 Å². The summed E-state index contributed by atoms with van der Waals surface area (Å²) in [4.78, 5) is 26.8. The highest BCUT2D eigenvalue weighted by Gasteiger charge is 2.17. The van der Waals surface area contributed by atoms with Gasteiger partial charge in [0, 0.05) is 10.9 Å². The topological polar surface area (TPSA) is 68.4 Å². The molecule has 0 radical (unpaired) electrons. The zero-order valence-electron chi connectivity index (χ0n) is 14.4. The molecule has 1 heterocycles. The van der Waals surface area contributed by atoms with Gasteiger partial charge in [-0.25, -0.2) is 4.79 Å². The number of aromatic nitrogens is 1. The minimum atomic E-state index is -0.448. The average Bonchev–Trinajstić information content (AvgIpc) is 3.07. The van der Waals surface area contributed by atoms with Crippen LogP contribution in [0.4, 0.5) is 0 Å². The third-order valence-electron chi connectivity index (χ3n) is 4.29. The molecule has 0 fully saturated rings. The summed E-state index contributed by atoms with van der Waals surface area (Å²) in [6.07, 6.45) is 0.138. The number of methoxy groups -OCH3 is 2. The van der Waals surface area contributed by atoms with Crippen LogP contribution in [0.5, 0.6) is 0 Å². The number of carbonyl (C=O) groups excluding carboxylic acids is 2. The van der Waals surface area contributed by atoms with E-state index in [1.54, 1.807) is 6.07 Å². The summed E-state index contributed by atoms with van der Waals surface area (Å²) in [6, 6.07) is 13.6. The SMILES string of the molecule is COC(=O)Cc1ccc(-c2ccccc2C)c2[nH]c(C(=O)OC)cc12. The van der Waals surface area contributed by atoms with Crippen LogP contribution in [-0.4, -0.2) is 31.1 Å². The van der Waals surface area contributed by atoms with Crippen molar-refractivity contribution in [3.63, 3.8) is 0 Å². The summed E-state index contributed by atoms with van der Waals surface area (Å²) >= 11 is 0. The van der Waals surface area contributed by atoms with Gasteiger partial charge in [0.25, 0.3) is 0 Å². The molecular formula is C20H19NO4. The van der Waals surface area contributed by atoms with Crippen LogP contribution in [0, 0.1) is 6.92 Å². The minimum Gasteiger partial charge on any atom is -0.469 e. The van der Waals surface area contributed by atoms with Gasteiger partial charge in [-0.05, 0) is 29.7 Å². The van der Waals surface area contributed by atoms with Crippen molar-refractivity contribution in [2.24, 2.45) is 0 Å². The van der Waals surface area contributed by atoms with Crippen LogP contribution >= 0.6 is 0 Å². The first-order valence-electron chi connectivity index (χ1n) is 7.91. The number of ether oxygens (including phenoxy) is 2. The quantitative estimate of drug-likeness (QED) is 0.738. The number of hydrogen-bond acceptors (Lipinski definition) is 4. The molecule has 3 rings (SSSR count). The molecule has 5 nitrogen and oxygen atoms in total. The van der Waals surface area contributed by atoms with Gasteiger partial charge < -0.3 is 14.5 Å². The summed E-state index contributed by atoms with van der Waals surface area (Å²) in [7, 11) is 2.70. The normalized spacial score (nSPS) is 10.7. The minimum absolute atomic E-state index is 0.138. The Hall–Kier alpha value is -3.08. The van der Waals surface area contributed by atoms with Crippen molar-refractivity contribution in [2.45, 2.75) is 13.3 Å². The van der Waals surface area contributed by atoms with E-state index in [9.17, 15) is 9.59 Å². The van der Waals surface area contributed by atoms with E-state index in [4.69, 9.17) is 9.47 Å². The Morgan fingerprint density at radius 1 is 1.00 bits per heavy atom. The van der Waals surface area contributed by atoms with Crippen molar-refractivity contribution >= 4 is 22.8 Å². The van der Waals surface area contributed by atoms with Gasteiger partial charge in [0.15, 0.2) is 0 Å². The van der Waals surface area contributed by atoms with E-state index in [1.165, 1.54) is 14.2 Å². The van der Waals surface area contributed by atoms with Gasteiger partial charge in [-0.2, -0.15) is 0 Å². The standard InChI is InChI=1S/C20H19NO4/c1-12-6-4-5-7-14(12)15-9-8-13(10-18(22)24-2)16-11-17(20(23)25-3)21-19(15)16/h4-9,11,21H,10H2,1-3H3. The Kier molecular flexibility index (Phi) is 4.57. The van der Waals surface area contributed by atoms with Gasteiger partial charge in [0.2, 0.25) is 0 Å². The smallest absolute Gasteiger partial charge is 0.354 e. The van der Waals surface area contributed by atoms with Gasteiger partial charge in [-0.15, -0.1) is 0 Å². The number of benzene rings is 2. The highest BCUT2D eigenvalue weighted by Crippen LogP contribution is 2.33. The molecule has 0 spiro atoms. The molecule has 1 aromatic heterocycles. The number of nitrogens with one attached hydrogen (secondary N) is 1. The van der Waals surface area contributed by atoms with Crippen LogP contribution in [0.3, 0.4) is 0 Å². The average molecular weight is 337 g/mol. The van der Waals surface area contributed by atoms with Gasteiger partial charge >= 0.3 is 11.9 Å². The predicted octanol–water partition coefficient (Wildman–Crippen LogP) is 3.65. The van der Waals surface area contributed by atoms with E-state index in [0.29, 0.717) is 5.69 Å². The molecule has 128 valence electrons. The number of aromatic amines is 1. The van der Waals surface area contributed by atoms with E-state index in [0.717, 1.165) is 33.2 Å². The highest BCUT2D eigenvalue weighted by atomic mass is 16.5. The summed E-state index contributed by atoms with van der Waals surface area (Å²) in [5.41, 5.74) is 5.11. The fraction of sp³-hybridized carbons (Fsp3) is 0.200. The Labute approximate surface area is 145 Å². The van der Waals surface area contributed by atoms with Crippen molar-refractivity contribution in [3.8, 4) is 11.1 Å². The molecule has 0 saturated heterocycles. The zero-order valence-corrected chi connectivity index (χ0v) is 14.4. The van der Waals surface area contributed by atoms with E-state index in [1.807, 2.05) is 43.3 Å². The monoisotopic (exact) mass is 337 g/mol. The number of H-pyrrole nitrogens is 1. The van der Waals surface area contributed by atoms with Crippen molar-refractivity contribution in [1.29, 1.82) is 0 Å². The van der Waals surface area contributed by atoms with Crippen LogP contribution < -0.4 is 0 Å². The molecule has 1 N–H and O–H groups in total. The summed E-state index contributed by atoms with van der Waals surface area (Å²) in [5.74, 6) is -0.776. The Bertz CT molecular complexity index is 955.